The molecule has 1 aromatic carbocycles. The molecule has 2 aromatic rings. The van der Waals surface area contributed by atoms with Crippen LogP contribution in [0.3, 0.4) is 0 Å². The molecule has 0 radical (unpaired) electrons. The van der Waals surface area contributed by atoms with Crippen LogP contribution in [-0.2, 0) is 9.59 Å². The molecule has 1 aliphatic heterocycles. The molecule has 1 fully saturated rings. The minimum absolute atomic E-state index is 0.0630. The molecular weight excluding hydrogens is 266 g/mol. The lowest BCUT2D eigenvalue weighted by molar-refractivity contribution is -0.136. The summed E-state index contributed by atoms with van der Waals surface area (Å²) in [4.78, 5) is 29.6. The Hall–Kier alpha value is -2.43. The van der Waals surface area contributed by atoms with Gasteiger partial charge in [0, 0.05) is 18.4 Å². The summed E-state index contributed by atoms with van der Waals surface area (Å²) in [5.41, 5.74) is 1.55. The molecule has 2 amide bonds. The summed E-state index contributed by atoms with van der Waals surface area (Å²) in [5, 5.41) is 3.78. The Morgan fingerprint density at radius 2 is 2.14 bits per heavy atom. The standard InChI is InChI=1S/C16H17N3O2/c20-15(11-19-8-4-3-7-16(19)21)18-13-9-12-5-1-2-6-14(12)17-10-13/h1-2,5-6,9-10H,3-4,7-8,11H2,(H,18,20). The number of carbonyl (C=O) groups excluding carboxylic acids is 2. The summed E-state index contributed by atoms with van der Waals surface area (Å²) in [6.45, 7) is 0.786. The van der Waals surface area contributed by atoms with Crippen molar-refractivity contribution in [1.82, 2.24) is 9.88 Å². The number of nitrogens with one attached hydrogen (secondary N) is 1. The number of anilines is 1. The average molecular weight is 283 g/mol. The molecule has 0 aliphatic carbocycles. The number of amides is 2. The number of piperidine rings is 1. The molecule has 0 atom stereocenters. The number of para-hydroxylation sites is 1. The molecule has 2 heterocycles. The number of fused-ring (bicyclic) bond motifs is 1. The van der Waals surface area contributed by atoms with Crippen LogP contribution in [0.1, 0.15) is 19.3 Å². The molecule has 0 bridgehead atoms. The molecular formula is C16H17N3O2. The van der Waals surface area contributed by atoms with Gasteiger partial charge in [-0.1, -0.05) is 18.2 Å². The Labute approximate surface area is 123 Å². The first kappa shape index (κ1) is 13.5. The molecule has 0 saturated carbocycles. The SMILES string of the molecule is O=C(CN1CCCCC1=O)Nc1cnc2ccccc2c1. The van der Waals surface area contributed by atoms with Gasteiger partial charge in [-0.3, -0.25) is 14.6 Å². The summed E-state index contributed by atoms with van der Waals surface area (Å²) in [6, 6.07) is 9.62. The highest BCUT2D eigenvalue weighted by Crippen LogP contribution is 2.16. The van der Waals surface area contributed by atoms with Gasteiger partial charge in [-0.15, -0.1) is 0 Å². The van der Waals surface area contributed by atoms with E-state index in [1.54, 1.807) is 11.1 Å². The van der Waals surface area contributed by atoms with Gasteiger partial charge in [0.2, 0.25) is 11.8 Å². The van der Waals surface area contributed by atoms with Crippen LogP contribution in [0.15, 0.2) is 36.5 Å². The molecule has 21 heavy (non-hydrogen) atoms. The van der Waals surface area contributed by atoms with Crippen LogP contribution in [0.5, 0.6) is 0 Å². The van der Waals surface area contributed by atoms with E-state index in [4.69, 9.17) is 0 Å². The number of nitrogens with zero attached hydrogens (tertiary/aromatic N) is 2. The second-order valence-corrected chi connectivity index (χ2v) is 5.24. The normalized spacial score (nSPS) is 15.2. The Kier molecular flexibility index (Phi) is 3.81. The molecule has 1 aromatic heterocycles. The summed E-state index contributed by atoms with van der Waals surface area (Å²) in [6.07, 6.45) is 4.07. The molecule has 108 valence electrons. The third-order valence-corrected chi connectivity index (χ3v) is 3.63. The summed E-state index contributed by atoms with van der Waals surface area (Å²) < 4.78 is 0. The van der Waals surface area contributed by atoms with E-state index in [1.807, 2.05) is 30.3 Å². The zero-order valence-corrected chi connectivity index (χ0v) is 11.7. The number of rotatable bonds is 3. The van der Waals surface area contributed by atoms with E-state index in [0.29, 0.717) is 18.7 Å². The highest BCUT2D eigenvalue weighted by molar-refractivity contribution is 5.96. The van der Waals surface area contributed by atoms with Crippen LogP contribution in [0.2, 0.25) is 0 Å². The third kappa shape index (κ3) is 3.18. The predicted octanol–water partition coefficient (Wildman–Crippen LogP) is 2.19. The minimum Gasteiger partial charge on any atom is -0.333 e. The number of hydrogen-bond acceptors (Lipinski definition) is 3. The zero-order valence-electron chi connectivity index (χ0n) is 11.7. The number of aromatic nitrogens is 1. The van der Waals surface area contributed by atoms with Gasteiger partial charge in [0.15, 0.2) is 0 Å². The molecule has 0 unspecified atom stereocenters. The van der Waals surface area contributed by atoms with E-state index in [2.05, 4.69) is 10.3 Å². The van der Waals surface area contributed by atoms with Crippen molar-refractivity contribution in [3.63, 3.8) is 0 Å². The first-order valence-corrected chi connectivity index (χ1v) is 7.15. The maximum atomic E-state index is 12.0. The maximum Gasteiger partial charge on any atom is 0.244 e. The molecule has 5 heteroatoms. The molecule has 5 nitrogen and oxygen atoms in total. The van der Waals surface area contributed by atoms with Crippen LogP contribution in [0, 0.1) is 0 Å². The van der Waals surface area contributed by atoms with Crippen LogP contribution < -0.4 is 5.32 Å². The van der Waals surface area contributed by atoms with Crippen molar-refractivity contribution in [2.75, 3.05) is 18.4 Å². The van der Waals surface area contributed by atoms with Gasteiger partial charge in [-0.05, 0) is 25.0 Å². The summed E-state index contributed by atoms with van der Waals surface area (Å²) in [5.74, 6) is -0.115. The average Bonchev–Trinajstić information content (AvgIpc) is 2.49. The number of pyridine rings is 1. The number of benzene rings is 1. The Morgan fingerprint density at radius 1 is 1.29 bits per heavy atom. The van der Waals surface area contributed by atoms with E-state index in [-0.39, 0.29) is 18.4 Å². The molecule has 1 saturated heterocycles. The molecule has 1 N–H and O–H groups in total. The van der Waals surface area contributed by atoms with Crippen molar-refractivity contribution in [3.05, 3.63) is 36.5 Å². The smallest absolute Gasteiger partial charge is 0.244 e. The van der Waals surface area contributed by atoms with Gasteiger partial charge in [0.05, 0.1) is 23.9 Å². The summed E-state index contributed by atoms with van der Waals surface area (Å²) >= 11 is 0. The predicted molar refractivity (Wildman–Crippen MR) is 80.8 cm³/mol. The van der Waals surface area contributed by atoms with Crippen LogP contribution in [0.4, 0.5) is 5.69 Å². The Morgan fingerprint density at radius 3 is 3.00 bits per heavy atom. The van der Waals surface area contributed by atoms with Gasteiger partial charge >= 0.3 is 0 Å². The monoisotopic (exact) mass is 283 g/mol. The number of likely N-dealkylation sites (tertiary alicyclic amines) is 1. The largest absolute Gasteiger partial charge is 0.333 e. The quantitative estimate of drug-likeness (QED) is 0.939. The van der Waals surface area contributed by atoms with Crippen molar-refractivity contribution < 1.29 is 9.59 Å². The van der Waals surface area contributed by atoms with E-state index in [1.165, 1.54) is 0 Å². The van der Waals surface area contributed by atoms with Gasteiger partial charge in [-0.25, -0.2) is 0 Å². The Balaban J connectivity index is 1.66. The van der Waals surface area contributed by atoms with Gasteiger partial charge in [0.25, 0.3) is 0 Å². The van der Waals surface area contributed by atoms with Crippen LogP contribution in [0.25, 0.3) is 10.9 Å². The van der Waals surface area contributed by atoms with Crippen molar-refractivity contribution >= 4 is 28.4 Å². The third-order valence-electron chi connectivity index (χ3n) is 3.63. The van der Waals surface area contributed by atoms with E-state index in [9.17, 15) is 9.59 Å². The Bertz CT molecular complexity index is 684. The van der Waals surface area contributed by atoms with Crippen LogP contribution >= 0.6 is 0 Å². The fourth-order valence-corrected chi connectivity index (χ4v) is 2.54. The van der Waals surface area contributed by atoms with E-state index in [0.717, 1.165) is 23.7 Å². The lowest BCUT2D eigenvalue weighted by atomic mass is 10.1. The second kappa shape index (κ2) is 5.91. The van der Waals surface area contributed by atoms with Gasteiger partial charge < -0.3 is 10.2 Å². The summed E-state index contributed by atoms with van der Waals surface area (Å²) in [7, 11) is 0. The first-order chi connectivity index (χ1) is 10.2. The number of carbonyl (C=O) groups is 2. The van der Waals surface area contributed by atoms with Crippen molar-refractivity contribution in [2.24, 2.45) is 0 Å². The van der Waals surface area contributed by atoms with Crippen molar-refractivity contribution in [1.29, 1.82) is 0 Å². The lowest BCUT2D eigenvalue weighted by Crippen LogP contribution is -2.40. The first-order valence-electron chi connectivity index (χ1n) is 7.15. The minimum atomic E-state index is -0.178. The lowest BCUT2D eigenvalue weighted by Gasteiger charge is -2.25. The van der Waals surface area contributed by atoms with E-state index >= 15 is 0 Å². The van der Waals surface area contributed by atoms with Crippen molar-refractivity contribution in [2.45, 2.75) is 19.3 Å². The molecule has 3 rings (SSSR count). The van der Waals surface area contributed by atoms with Crippen molar-refractivity contribution in [3.8, 4) is 0 Å². The topological polar surface area (TPSA) is 62.3 Å². The zero-order chi connectivity index (χ0) is 14.7. The maximum absolute atomic E-state index is 12.0. The second-order valence-electron chi connectivity index (χ2n) is 5.24. The van der Waals surface area contributed by atoms with Crippen LogP contribution in [-0.4, -0.2) is 34.8 Å². The number of hydrogen-bond donors (Lipinski definition) is 1. The fourth-order valence-electron chi connectivity index (χ4n) is 2.54. The van der Waals surface area contributed by atoms with Gasteiger partial charge in [-0.2, -0.15) is 0 Å². The fraction of sp³-hybridized carbons (Fsp3) is 0.312. The molecule has 1 aliphatic rings. The highest BCUT2D eigenvalue weighted by atomic mass is 16.2. The molecule has 0 spiro atoms. The highest BCUT2D eigenvalue weighted by Gasteiger charge is 2.20. The van der Waals surface area contributed by atoms with Gasteiger partial charge in [0.1, 0.15) is 0 Å². The van der Waals surface area contributed by atoms with E-state index < -0.39 is 0 Å².